The highest BCUT2D eigenvalue weighted by atomic mass is 35.5. The van der Waals surface area contributed by atoms with Crippen molar-refractivity contribution >= 4 is 58.5 Å². The van der Waals surface area contributed by atoms with Crippen molar-refractivity contribution in [1.82, 2.24) is 16.0 Å². The molecule has 0 spiro atoms. The smallest absolute Gasteiger partial charge is 0.315 e. The van der Waals surface area contributed by atoms with Crippen LogP contribution in [0.15, 0.2) is 60.7 Å². The molecule has 3 aromatic carbocycles. The van der Waals surface area contributed by atoms with Gasteiger partial charge in [0.15, 0.2) is 5.78 Å². The lowest BCUT2D eigenvalue weighted by Gasteiger charge is -2.19. The Labute approximate surface area is 259 Å². The van der Waals surface area contributed by atoms with E-state index in [1.807, 2.05) is 30.3 Å². The summed E-state index contributed by atoms with van der Waals surface area (Å²) in [4.78, 5) is 51.3. The van der Waals surface area contributed by atoms with Gasteiger partial charge in [-0.15, -0.1) is 0 Å². The fourth-order valence-electron chi connectivity index (χ4n) is 4.86. The maximum Gasteiger partial charge on any atom is 0.315 e. The molecule has 220 valence electrons. The minimum absolute atomic E-state index is 0.0222. The van der Waals surface area contributed by atoms with Gasteiger partial charge < -0.3 is 20.7 Å². The summed E-state index contributed by atoms with van der Waals surface area (Å²) in [6, 6.07) is 17.1. The Morgan fingerprint density at radius 1 is 0.952 bits per heavy atom. The molecule has 0 fully saturated rings. The fraction of sp³-hybridized carbons (Fsp3) is 0.290. The first-order valence-electron chi connectivity index (χ1n) is 13.5. The molecule has 0 aromatic heterocycles. The van der Waals surface area contributed by atoms with Crippen LogP contribution in [0, 0.1) is 5.92 Å². The van der Waals surface area contributed by atoms with Crippen LogP contribution in [0.5, 0.6) is 0 Å². The van der Waals surface area contributed by atoms with Crippen LogP contribution in [0.3, 0.4) is 0 Å². The third-order valence-corrected chi connectivity index (χ3v) is 7.76. The van der Waals surface area contributed by atoms with Gasteiger partial charge in [-0.3, -0.25) is 14.4 Å². The van der Waals surface area contributed by atoms with Gasteiger partial charge in [-0.1, -0.05) is 71.2 Å². The number of hydrogen-bond acceptors (Lipinski definition) is 5. The molecule has 1 aliphatic carbocycles. The highest BCUT2D eigenvalue weighted by Crippen LogP contribution is 2.31. The molecule has 0 heterocycles. The van der Waals surface area contributed by atoms with E-state index in [0.29, 0.717) is 5.02 Å². The van der Waals surface area contributed by atoms with Crippen LogP contribution in [0.4, 0.5) is 4.79 Å². The normalized spacial score (nSPS) is 14.4. The lowest BCUT2D eigenvalue weighted by molar-refractivity contribution is -0.147. The van der Waals surface area contributed by atoms with Crippen LogP contribution in [0.1, 0.15) is 63.2 Å². The third-order valence-electron chi connectivity index (χ3n) is 6.92. The largest absolute Gasteiger partial charge is 0.466 e. The Kier molecular flexibility index (Phi) is 10.8. The van der Waals surface area contributed by atoms with E-state index in [2.05, 4.69) is 16.0 Å². The zero-order valence-electron chi connectivity index (χ0n) is 22.8. The molecule has 2 atom stereocenters. The Morgan fingerprint density at radius 3 is 2.40 bits per heavy atom. The maximum atomic E-state index is 13.3. The summed E-state index contributed by atoms with van der Waals surface area (Å²) in [6.07, 6.45) is 1.33. The van der Waals surface area contributed by atoms with Crippen molar-refractivity contribution in [3.8, 4) is 0 Å². The molecular formula is C31H30Cl3N3O5. The van der Waals surface area contributed by atoms with Crippen LogP contribution >= 0.6 is 34.8 Å². The Morgan fingerprint density at radius 2 is 1.69 bits per heavy atom. The lowest BCUT2D eigenvalue weighted by atomic mass is 9.97. The van der Waals surface area contributed by atoms with E-state index >= 15 is 0 Å². The second-order valence-electron chi connectivity index (χ2n) is 9.85. The van der Waals surface area contributed by atoms with Crippen molar-refractivity contribution < 1.29 is 23.9 Å². The zero-order chi connectivity index (χ0) is 30.2. The topological polar surface area (TPSA) is 114 Å². The number of urea groups is 1. The maximum absolute atomic E-state index is 13.3. The summed E-state index contributed by atoms with van der Waals surface area (Å²) in [6.45, 7) is 1.85. The number of rotatable bonds is 11. The second-order valence-corrected chi connectivity index (χ2v) is 11.1. The zero-order valence-corrected chi connectivity index (χ0v) is 25.1. The molecule has 0 aliphatic heterocycles. The van der Waals surface area contributed by atoms with Crippen LogP contribution in [0.2, 0.25) is 15.1 Å². The molecule has 1 aliphatic rings. The van der Waals surface area contributed by atoms with Gasteiger partial charge in [-0.25, -0.2) is 4.79 Å². The SMILES string of the molecule is CCOC(=O)[C@H](CNC(=O)N[C@@H]1CCc2ccccc21)CC(=O)c1c(Cl)cc(C(=O)NCc2cccc(Cl)c2)cc1Cl. The number of halogens is 3. The fourth-order valence-corrected chi connectivity index (χ4v) is 5.77. The van der Waals surface area contributed by atoms with Crippen LogP contribution < -0.4 is 16.0 Å². The number of Topliss-reactive ketones (excluding diaryl/α,β-unsaturated/α-hetero) is 1. The first-order chi connectivity index (χ1) is 20.2. The number of ketones is 1. The number of esters is 1. The van der Waals surface area contributed by atoms with Gasteiger partial charge in [0.25, 0.3) is 5.91 Å². The molecule has 3 aromatic rings. The second kappa shape index (κ2) is 14.5. The van der Waals surface area contributed by atoms with E-state index in [1.54, 1.807) is 25.1 Å². The molecule has 11 heteroatoms. The van der Waals surface area contributed by atoms with Crippen LogP contribution in [-0.4, -0.2) is 36.8 Å². The van der Waals surface area contributed by atoms with Gasteiger partial charge in [0.2, 0.25) is 0 Å². The van der Waals surface area contributed by atoms with Gasteiger partial charge in [-0.2, -0.15) is 0 Å². The average molecular weight is 631 g/mol. The summed E-state index contributed by atoms with van der Waals surface area (Å²) >= 11 is 18.8. The number of benzene rings is 3. The Balaban J connectivity index is 1.39. The van der Waals surface area contributed by atoms with Crippen molar-refractivity contribution in [2.24, 2.45) is 5.92 Å². The molecule has 3 N–H and O–H groups in total. The summed E-state index contributed by atoms with van der Waals surface area (Å²) < 4.78 is 5.14. The van der Waals surface area contributed by atoms with E-state index < -0.39 is 29.6 Å². The minimum atomic E-state index is -0.980. The van der Waals surface area contributed by atoms with Gasteiger partial charge in [0.1, 0.15) is 0 Å². The quantitative estimate of drug-likeness (QED) is 0.170. The predicted molar refractivity (Wildman–Crippen MR) is 162 cm³/mol. The molecule has 0 saturated carbocycles. The summed E-state index contributed by atoms with van der Waals surface area (Å²) in [7, 11) is 0. The molecular weight excluding hydrogens is 601 g/mol. The van der Waals surface area contributed by atoms with Crippen molar-refractivity contribution in [1.29, 1.82) is 0 Å². The summed E-state index contributed by atoms with van der Waals surface area (Å²) in [5.41, 5.74) is 3.20. The Bertz CT molecular complexity index is 1470. The molecule has 3 amide bonds. The molecule has 0 unspecified atom stereocenters. The molecule has 0 radical (unpaired) electrons. The van der Waals surface area contributed by atoms with E-state index in [9.17, 15) is 19.2 Å². The number of hydrogen-bond donors (Lipinski definition) is 3. The summed E-state index contributed by atoms with van der Waals surface area (Å²) in [5, 5.41) is 8.86. The summed E-state index contributed by atoms with van der Waals surface area (Å²) in [5.74, 6) is -2.59. The monoisotopic (exact) mass is 629 g/mol. The number of ether oxygens (including phenoxy) is 1. The third kappa shape index (κ3) is 8.03. The highest BCUT2D eigenvalue weighted by Gasteiger charge is 2.28. The molecule has 4 rings (SSSR count). The van der Waals surface area contributed by atoms with Gasteiger partial charge >= 0.3 is 12.0 Å². The van der Waals surface area contributed by atoms with E-state index in [0.717, 1.165) is 24.0 Å². The standard InChI is InChI=1S/C31H30Cl3N3O5/c1-2-42-30(40)21(17-36-31(41)37-26-11-10-19-7-3-4-9-23(19)26)15-27(38)28-24(33)13-20(14-25(28)34)29(39)35-16-18-6-5-8-22(32)12-18/h3-9,12-14,21,26H,2,10-11,15-17H2,1H3,(H,35,39)(H2,36,37,41)/t21-,26+/m0/s1. The average Bonchev–Trinajstić information content (AvgIpc) is 3.36. The van der Waals surface area contributed by atoms with Crippen molar-refractivity contribution in [2.45, 2.75) is 38.8 Å². The highest BCUT2D eigenvalue weighted by molar-refractivity contribution is 6.40. The molecule has 8 nitrogen and oxygen atoms in total. The first kappa shape index (κ1) is 31.3. The number of carbonyl (C=O) groups excluding carboxylic acids is 4. The van der Waals surface area contributed by atoms with Crippen molar-refractivity contribution in [3.05, 3.63) is 104 Å². The number of aryl methyl sites for hydroxylation is 1. The van der Waals surface area contributed by atoms with Gasteiger partial charge in [0.05, 0.1) is 34.2 Å². The van der Waals surface area contributed by atoms with E-state index in [4.69, 9.17) is 39.5 Å². The van der Waals surface area contributed by atoms with Crippen LogP contribution in [0.25, 0.3) is 0 Å². The number of nitrogens with one attached hydrogen (secondary N) is 3. The Hall–Kier alpha value is -3.59. The van der Waals surface area contributed by atoms with Crippen LogP contribution in [-0.2, 0) is 22.5 Å². The number of amides is 3. The van der Waals surface area contributed by atoms with Gasteiger partial charge in [0, 0.05) is 30.1 Å². The van der Waals surface area contributed by atoms with Crippen molar-refractivity contribution in [3.63, 3.8) is 0 Å². The minimum Gasteiger partial charge on any atom is -0.466 e. The first-order valence-corrected chi connectivity index (χ1v) is 14.6. The molecule has 0 bridgehead atoms. The van der Waals surface area contributed by atoms with Crippen molar-refractivity contribution in [2.75, 3.05) is 13.2 Å². The number of fused-ring (bicyclic) bond motifs is 1. The predicted octanol–water partition coefficient (Wildman–Crippen LogP) is 6.32. The lowest BCUT2D eigenvalue weighted by Crippen LogP contribution is -2.42. The van der Waals surface area contributed by atoms with Gasteiger partial charge in [-0.05, 0) is 60.7 Å². The van der Waals surface area contributed by atoms with E-state index in [-0.39, 0.29) is 53.3 Å². The van der Waals surface area contributed by atoms with E-state index in [1.165, 1.54) is 17.7 Å². The molecule has 42 heavy (non-hydrogen) atoms. The molecule has 0 saturated heterocycles. The number of carbonyl (C=O) groups is 4.